The quantitative estimate of drug-likeness (QED) is 0.805. The number of hydrogen-bond donors (Lipinski definition) is 1. The highest BCUT2D eigenvalue weighted by Gasteiger charge is 2.25. The fraction of sp³-hybridized carbons (Fsp3) is 0.538. The Morgan fingerprint density at radius 3 is 2.24 bits per heavy atom. The Bertz CT molecular complexity index is 714. The fourth-order valence-electron chi connectivity index (χ4n) is 1.70. The van der Waals surface area contributed by atoms with Gasteiger partial charge in [0, 0.05) is 12.3 Å². The highest BCUT2D eigenvalue weighted by molar-refractivity contribution is 7.91. The molecule has 21 heavy (non-hydrogen) atoms. The van der Waals surface area contributed by atoms with E-state index < -0.39 is 30.6 Å². The third kappa shape index (κ3) is 4.49. The standard InChI is InChI=1S/C13H20FNO4S2/c1-5-9(2)10(3)15-21(18,19)13-8-11(20(4,16)17)6-7-12(13)14/h6-10,15H,5H2,1-4H3. The van der Waals surface area contributed by atoms with Crippen molar-refractivity contribution in [2.75, 3.05) is 6.26 Å². The Morgan fingerprint density at radius 2 is 1.76 bits per heavy atom. The molecule has 0 radical (unpaired) electrons. The van der Waals surface area contributed by atoms with Gasteiger partial charge in [-0.3, -0.25) is 0 Å². The maximum absolute atomic E-state index is 13.8. The molecular formula is C13H20FNO4S2. The van der Waals surface area contributed by atoms with Gasteiger partial charge in [-0.1, -0.05) is 20.3 Å². The number of rotatable bonds is 6. The number of hydrogen-bond acceptors (Lipinski definition) is 4. The molecule has 0 heterocycles. The van der Waals surface area contributed by atoms with Crippen LogP contribution in [0.5, 0.6) is 0 Å². The SMILES string of the molecule is CCC(C)C(C)NS(=O)(=O)c1cc(S(C)(=O)=O)ccc1F. The average molecular weight is 337 g/mol. The van der Waals surface area contributed by atoms with Gasteiger partial charge in [0.15, 0.2) is 9.84 Å². The van der Waals surface area contributed by atoms with Crippen LogP contribution in [0, 0.1) is 11.7 Å². The minimum atomic E-state index is -4.12. The summed E-state index contributed by atoms with van der Waals surface area (Å²) in [5.41, 5.74) is 0. The van der Waals surface area contributed by atoms with Crippen molar-refractivity contribution in [1.29, 1.82) is 0 Å². The number of halogens is 1. The third-order valence-corrected chi connectivity index (χ3v) is 6.14. The van der Waals surface area contributed by atoms with Gasteiger partial charge in [-0.05, 0) is 31.0 Å². The first-order chi connectivity index (χ1) is 9.49. The zero-order chi connectivity index (χ0) is 16.4. The molecular weight excluding hydrogens is 317 g/mol. The van der Waals surface area contributed by atoms with Gasteiger partial charge in [0.2, 0.25) is 10.0 Å². The van der Waals surface area contributed by atoms with Crippen LogP contribution in [-0.2, 0) is 19.9 Å². The highest BCUT2D eigenvalue weighted by atomic mass is 32.2. The van der Waals surface area contributed by atoms with Gasteiger partial charge >= 0.3 is 0 Å². The van der Waals surface area contributed by atoms with E-state index in [1.807, 2.05) is 13.8 Å². The zero-order valence-corrected chi connectivity index (χ0v) is 14.1. The number of benzene rings is 1. The predicted molar refractivity (Wildman–Crippen MR) is 78.7 cm³/mol. The fourth-order valence-corrected chi connectivity index (χ4v) is 3.88. The Balaban J connectivity index is 3.26. The van der Waals surface area contributed by atoms with Crippen molar-refractivity contribution in [3.05, 3.63) is 24.0 Å². The first-order valence-electron chi connectivity index (χ1n) is 6.51. The lowest BCUT2D eigenvalue weighted by Gasteiger charge is -2.20. The average Bonchev–Trinajstić information content (AvgIpc) is 2.35. The largest absolute Gasteiger partial charge is 0.243 e. The van der Waals surface area contributed by atoms with Gasteiger partial charge in [0.25, 0.3) is 0 Å². The van der Waals surface area contributed by atoms with Crippen LogP contribution in [0.3, 0.4) is 0 Å². The normalized spacial score (nSPS) is 15.7. The summed E-state index contributed by atoms with van der Waals surface area (Å²) < 4.78 is 63.5. The van der Waals surface area contributed by atoms with Gasteiger partial charge in [-0.25, -0.2) is 25.9 Å². The maximum atomic E-state index is 13.8. The van der Waals surface area contributed by atoms with E-state index in [1.54, 1.807) is 6.92 Å². The second-order valence-corrected chi connectivity index (χ2v) is 8.86. The van der Waals surface area contributed by atoms with E-state index in [9.17, 15) is 21.2 Å². The first-order valence-corrected chi connectivity index (χ1v) is 9.88. The topological polar surface area (TPSA) is 80.3 Å². The molecule has 1 aromatic carbocycles. The summed E-state index contributed by atoms with van der Waals surface area (Å²) in [7, 11) is -7.73. The lowest BCUT2D eigenvalue weighted by atomic mass is 10.0. The van der Waals surface area contributed by atoms with Gasteiger partial charge in [-0.2, -0.15) is 0 Å². The molecule has 0 amide bonds. The molecule has 8 heteroatoms. The molecule has 1 rings (SSSR count). The van der Waals surface area contributed by atoms with Gasteiger partial charge in [-0.15, -0.1) is 0 Å². The van der Waals surface area contributed by atoms with Gasteiger partial charge < -0.3 is 0 Å². The maximum Gasteiger partial charge on any atom is 0.243 e. The molecule has 5 nitrogen and oxygen atoms in total. The zero-order valence-electron chi connectivity index (χ0n) is 12.4. The molecule has 1 aromatic rings. The molecule has 1 N–H and O–H groups in total. The van der Waals surface area contributed by atoms with E-state index in [4.69, 9.17) is 0 Å². The summed E-state index contributed by atoms with van der Waals surface area (Å²) >= 11 is 0. The van der Waals surface area contributed by atoms with Crippen molar-refractivity contribution in [2.24, 2.45) is 5.92 Å². The van der Waals surface area contributed by atoms with Crippen molar-refractivity contribution in [3.63, 3.8) is 0 Å². The highest BCUT2D eigenvalue weighted by Crippen LogP contribution is 2.20. The summed E-state index contributed by atoms with van der Waals surface area (Å²) in [5, 5.41) is 0. The number of nitrogens with one attached hydrogen (secondary N) is 1. The van der Waals surface area contributed by atoms with E-state index in [1.165, 1.54) is 0 Å². The van der Waals surface area contributed by atoms with E-state index in [-0.39, 0.29) is 16.9 Å². The summed E-state index contributed by atoms with van der Waals surface area (Å²) in [4.78, 5) is -0.888. The molecule has 120 valence electrons. The van der Waals surface area contributed by atoms with E-state index in [0.29, 0.717) is 0 Å². The van der Waals surface area contributed by atoms with Crippen LogP contribution >= 0.6 is 0 Å². The third-order valence-electron chi connectivity index (χ3n) is 3.46. The minimum absolute atomic E-state index is 0.0703. The van der Waals surface area contributed by atoms with Crippen LogP contribution in [-0.4, -0.2) is 29.1 Å². The Morgan fingerprint density at radius 1 is 1.19 bits per heavy atom. The Hall–Kier alpha value is -0.990. The van der Waals surface area contributed by atoms with E-state index in [0.717, 1.165) is 30.9 Å². The molecule has 0 saturated heterocycles. The van der Waals surface area contributed by atoms with E-state index in [2.05, 4.69) is 4.72 Å². The van der Waals surface area contributed by atoms with Gasteiger partial charge in [0.1, 0.15) is 10.7 Å². The number of sulfonamides is 1. The second-order valence-electron chi connectivity index (χ2n) is 5.16. The molecule has 2 unspecified atom stereocenters. The van der Waals surface area contributed by atoms with Crippen LogP contribution in [0.25, 0.3) is 0 Å². The molecule has 0 aliphatic rings. The monoisotopic (exact) mass is 337 g/mol. The summed E-state index contributed by atoms with van der Waals surface area (Å²) in [5.74, 6) is -0.910. The molecule has 0 aliphatic carbocycles. The van der Waals surface area contributed by atoms with Crippen molar-refractivity contribution in [3.8, 4) is 0 Å². The van der Waals surface area contributed by atoms with Crippen molar-refractivity contribution < 1.29 is 21.2 Å². The van der Waals surface area contributed by atoms with Crippen LogP contribution in [0.1, 0.15) is 27.2 Å². The van der Waals surface area contributed by atoms with E-state index >= 15 is 0 Å². The summed E-state index contributed by atoms with van der Waals surface area (Å²) in [6.07, 6.45) is 1.70. The molecule has 0 aromatic heterocycles. The number of sulfone groups is 1. The minimum Gasteiger partial charge on any atom is -0.224 e. The molecule has 2 atom stereocenters. The van der Waals surface area contributed by atoms with Crippen molar-refractivity contribution in [1.82, 2.24) is 4.72 Å². The smallest absolute Gasteiger partial charge is 0.224 e. The Kier molecular flexibility index (Phi) is 5.51. The lowest BCUT2D eigenvalue weighted by Crippen LogP contribution is -2.37. The van der Waals surface area contributed by atoms with Crippen LogP contribution in [0.2, 0.25) is 0 Å². The Labute approximate surface area is 125 Å². The van der Waals surface area contributed by atoms with Crippen molar-refractivity contribution >= 4 is 19.9 Å². The predicted octanol–water partition coefficient (Wildman–Crippen LogP) is 1.94. The molecule has 0 fully saturated rings. The molecule has 0 bridgehead atoms. The summed E-state index contributed by atoms with van der Waals surface area (Å²) in [6, 6.07) is 2.35. The molecule has 0 saturated carbocycles. The van der Waals surface area contributed by atoms with Crippen LogP contribution in [0.15, 0.2) is 28.0 Å². The van der Waals surface area contributed by atoms with Crippen LogP contribution < -0.4 is 4.72 Å². The first kappa shape index (κ1) is 18.1. The molecule has 0 spiro atoms. The van der Waals surface area contributed by atoms with Crippen LogP contribution in [0.4, 0.5) is 4.39 Å². The summed E-state index contributed by atoms with van der Waals surface area (Å²) in [6.45, 7) is 5.47. The lowest BCUT2D eigenvalue weighted by molar-refractivity contribution is 0.432. The van der Waals surface area contributed by atoms with Gasteiger partial charge in [0.05, 0.1) is 4.90 Å². The molecule has 0 aliphatic heterocycles. The second kappa shape index (κ2) is 6.41. The van der Waals surface area contributed by atoms with Crippen molar-refractivity contribution in [2.45, 2.75) is 43.0 Å².